The van der Waals surface area contributed by atoms with Gasteiger partial charge in [0.25, 0.3) is 0 Å². The molecular formula is C30H26N6S. The highest BCUT2D eigenvalue weighted by atomic mass is 32.1. The van der Waals surface area contributed by atoms with Crippen LogP contribution in [0.3, 0.4) is 0 Å². The number of pyridine rings is 1. The van der Waals surface area contributed by atoms with E-state index in [1.807, 2.05) is 55.1 Å². The van der Waals surface area contributed by atoms with Crippen molar-refractivity contribution in [1.29, 1.82) is 0 Å². The van der Waals surface area contributed by atoms with E-state index in [0.717, 1.165) is 50.4 Å². The third-order valence-corrected chi connectivity index (χ3v) is 7.36. The summed E-state index contributed by atoms with van der Waals surface area (Å²) in [6.45, 7) is 6.29. The summed E-state index contributed by atoms with van der Waals surface area (Å²) in [7, 11) is 0. The fourth-order valence-corrected chi connectivity index (χ4v) is 5.28. The van der Waals surface area contributed by atoms with E-state index < -0.39 is 0 Å². The summed E-state index contributed by atoms with van der Waals surface area (Å²) in [6.07, 6.45) is 10.7. The fourth-order valence-electron chi connectivity index (χ4n) is 4.45. The van der Waals surface area contributed by atoms with Crippen LogP contribution in [0.2, 0.25) is 0 Å². The van der Waals surface area contributed by atoms with Gasteiger partial charge < -0.3 is 10.6 Å². The maximum atomic E-state index is 4.64. The molecule has 3 aromatic heterocycles. The Bertz CT molecular complexity index is 1630. The third kappa shape index (κ3) is 4.81. The molecular weight excluding hydrogens is 476 g/mol. The summed E-state index contributed by atoms with van der Waals surface area (Å²) >= 11 is 1.61. The van der Waals surface area contributed by atoms with E-state index in [9.17, 15) is 0 Å². The van der Waals surface area contributed by atoms with Crippen LogP contribution in [0.5, 0.6) is 0 Å². The largest absolute Gasteiger partial charge is 0.355 e. The quantitative estimate of drug-likeness (QED) is 0.233. The summed E-state index contributed by atoms with van der Waals surface area (Å²) in [5.74, 6) is 0.311. The Morgan fingerprint density at radius 2 is 1.86 bits per heavy atom. The number of hydrogen-bond donors (Lipinski definition) is 2. The molecule has 0 radical (unpaired) electrons. The topological polar surface area (TPSA) is 66.6 Å². The molecule has 1 aliphatic rings. The van der Waals surface area contributed by atoms with Gasteiger partial charge in [0.2, 0.25) is 0 Å². The number of imidazole rings is 1. The predicted molar refractivity (Wildman–Crippen MR) is 155 cm³/mol. The van der Waals surface area contributed by atoms with Crippen molar-refractivity contribution in [2.45, 2.75) is 13.3 Å². The number of rotatable bonds is 8. The summed E-state index contributed by atoms with van der Waals surface area (Å²) in [5.41, 5.74) is 8.30. The molecule has 7 heteroatoms. The van der Waals surface area contributed by atoms with Gasteiger partial charge in [-0.15, -0.1) is 0 Å². The van der Waals surface area contributed by atoms with Gasteiger partial charge in [-0.3, -0.25) is 9.39 Å². The second kappa shape index (κ2) is 9.87. The number of nitrogens with one attached hydrogen (secondary N) is 2. The van der Waals surface area contributed by atoms with Crippen LogP contribution in [0.25, 0.3) is 21.9 Å². The zero-order valence-electron chi connectivity index (χ0n) is 20.4. The van der Waals surface area contributed by atoms with E-state index in [4.69, 9.17) is 0 Å². The van der Waals surface area contributed by atoms with Gasteiger partial charge in [0.1, 0.15) is 5.65 Å². The lowest BCUT2D eigenvalue weighted by Gasteiger charge is -2.12. The van der Waals surface area contributed by atoms with Crippen molar-refractivity contribution in [1.82, 2.24) is 14.4 Å². The maximum Gasteiger partial charge on any atom is 0.187 e. The van der Waals surface area contributed by atoms with Crippen LogP contribution in [0.1, 0.15) is 16.8 Å². The Hall–Kier alpha value is -4.49. The Kier molecular flexibility index (Phi) is 6.12. The number of fused-ring (bicyclic) bond motifs is 1. The zero-order chi connectivity index (χ0) is 25.2. The second-order valence-corrected chi connectivity index (χ2v) is 10.0. The van der Waals surface area contributed by atoms with Crippen LogP contribution >= 0.6 is 11.3 Å². The summed E-state index contributed by atoms with van der Waals surface area (Å²) in [6, 6.07) is 22.7. The van der Waals surface area contributed by atoms with Crippen molar-refractivity contribution in [3.63, 3.8) is 0 Å². The van der Waals surface area contributed by atoms with Gasteiger partial charge >= 0.3 is 0 Å². The number of aryl methyl sites for hydroxylation is 1. The highest BCUT2D eigenvalue weighted by Crippen LogP contribution is 2.32. The Labute approximate surface area is 219 Å². The van der Waals surface area contributed by atoms with E-state index in [-0.39, 0.29) is 0 Å². The number of thiazole rings is 1. The molecule has 1 unspecified atom stereocenters. The normalized spacial score (nSPS) is 14.4. The number of anilines is 3. The molecule has 1 aliphatic heterocycles. The molecule has 0 saturated carbocycles. The van der Waals surface area contributed by atoms with Crippen molar-refractivity contribution in [3.8, 4) is 10.6 Å². The van der Waals surface area contributed by atoms with E-state index >= 15 is 0 Å². The molecule has 0 amide bonds. The molecule has 6 nitrogen and oxygen atoms in total. The van der Waals surface area contributed by atoms with Crippen LogP contribution < -0.4 is 10.6 Å². The first-order valence-corrected chi connectivity index (χ1v) is 13.0. The van der Waals surface area contributed by atoms with Gasteiger partial charge in [-0.05, 0) is 54.8 Å². The van der Waals surface area contributed by atoms with Gasteiger partial charge in [0.05, 0.1) is 16.8 Å². The number of para-hydroxylation sites is 1. The Morgan fingerprint density at radius 1 is 1.00 bits per heavy atom. The number of aromatic nitrogens is 3. The maximum absolute atomic E-state index is 4.64. The number of benzene rings is 2. The molecule has 6 rings (SSSR count). The minimum Gasteiger partial charge on any atom is -0.355 e. The molecule has 0 aliphatic carbocycles. The third-order valence-electron chi connectivity index (χ3n) is 6.43. The van der Waals surface area contributed by atoms with E-state index in [1.54, 1.807) is 11.3 Å². The highest BCUT2D eigenvalue weighted by Gasteiger charge is 2.15. The average Bonchev–Trinajstić information content (AvgIpc) is 3.67. The first-order valence-electron chi connectivity index (χ1n) is 12.1. The van der Waals surface area contributed by atoms with E-state index in [1.165, 1.54) is 11.3 Å². The van der Waals surface area contributed by atoms with Crippen LogP contribution in [0, 0.1) is 12.8 Å². The van der Waals surface area contributed by atoms with Crippen molar-refractivity contribution < 1.29 is 0 Å². The SMILES string of the molecule is C=C(Nc1ccccc1C)c1ccc(Nc2ncc(-c3cnc4cccc(CC5C=CN=C5)n34)s2)cc1. The van der Waals surface area contributed by atoms with Gasteiger partial charge in [0, 0.05) is 47.3 Å². The minimum atomic E-state index is 0.311. The molecule has 0 bridgehead atoms. The molecule has 182 valence electrons. The van der Waals surface area contributed by atoms with Gasteiger partial charge in [-0.2, -0.15) is 0 Å². The lowest BCUT2D eigenvalue weighted by Crippen LogP contribution is -2.05. The van der Waals surface area contributed by atoms with Gasteiger partial charge in [-0.1, -0.05) is 60.4 Å². The van der Waals surface area contributed by atoms with Crippen molar-refractivity contribution in [3.05, 3.63) is 115 Å². The molecule has 1 atom stereocenters. The first kappa shape index (κ1) is 22.9. The van der Waals surface area contributed by atoms with Crippen LogP contribution in [-0.2, 0) is 6.42 Å². The molecule has 5 aromatic rings. The minimum absolute atomic E-state index is 0.311. The smallest absolute Gasteiger partial charge is 0.187 e. The summed E-state index contributed by atoms with van der Waals surface area (Å²) < 4.78 is 2.22. The van der Waals surface area contributed by atoms with Gasteiger partial charge in [0.15, 0.2) is 5.13 Å². The first-order chi connectivity index (χ1) is 18.1. The lowest BCUT2D eigenvalue weighted by molar-refractivity contribution is 0.828. The van der Waals surface area contributed by atoms with E-state index in [0.29, 0.717) is 5.92 Å². The number of nitrogens with zero attached hydrogens (tertiary/aromatic N) is 4. The van der Waals surface area contributed by atoms with E-state index in [2.05, 4.69) is 86.0 Å². The molecule has 37 heavy (non-hydrogen) atoms. The highest BCUT2D eigenvalue weighted by molar-refractivity contribution is 7.18. The molecule has 2 aromatic carbocycles. The Balaban J connectivity index is 1.18. The van der Waals surface area contributed by atoms with Crippen LogP contribution in [-0.4, -0.2) is 20.6 Å². The van der Waals surface area contributed by atoms with Crippen LogP contribution in [0.4, 0.5) is 16.5 Å². The fraction of sp³-hybridized carbons (Fsp3) is 0.100. The lowest BCUT2D eigenvalue weighted by atomic mass is 10.1. The van der Waals surface area contributed by atoms with Crippen molar-refractivity contribution in [2.75, 3.05) is 10.6 Å². The molecule has 0 spiro atoms. The van der Waals surface area contributed by atoms with Crippen LogP contribution in [0.15, 0.2) is 103 Å². The Morgan fingerprint density at radius 3 is 2.68 bits per heavy atom. The monoisotopic (exact) mass is 502 g/mol. The van der Waals surface area contributed by atoms with Crippen molar-refractivity contribution in [2.24, 2.45) is 10.9 Å². The second-order valence-electron chi connectivity index (χ2n) is 9.01. The molecule has 4 heterocycles. The molecule has 0 saturated heterocycles. The zero-order valence-corrected chi connectivity index (χ0v) is 21.2. The molecule has 2 N–H and O–H groups in total. The van der Waals surface area contributed by atoms with Gasteiger partial charge in [-0.25, -0.2) is 9.97 Å². The number of hydrogen-bond acceptors (Lipinski definition) is 6. The summed E-state index contributed by atoms with van der Waals surface area (Å²) in [4.78, 5) is 14.6. The summed E-state index contributed by atoms with van der Waals surface area (Å²) in [5, 5.41) is 7.68. The number of aliphatic imine (C=N–C) groups is 1. The number of allylic oxidation sites excluding steroid dienone is 1. The average molecular weight is 503 g/mol. The molecule has 0 fully saturated rings. The standard InChI is InChI=1S/C30H26N6S/c1-20-6-3-4-8-26(20)34-21(2)23-10-12-24(13-11-23)35-30-33-19-28(37-30)27-18-32-29-9-5-7-25(36(27)29)16-22-14-15-31-17-22/h3-15,17-19,22,34H,2,16H2,1H3,(H,33,35). The predicted octanol–water partition coefficient (Wildman–Crippen LogP) is 7.35. The van der Waals surface area contributed by atoms with Crippen molar-refractivity contribution >= 4 is 45.4 Å².